The van der Waals surface area contributed by atoms with Crippen LogP contribution in [0, 0.1) is 23.7 Å². The van der Waals surface area contributed by atoms with Gasteiger partial charge in [-0.1, -0.05) is 90.3 Å². The molecule has 4 aromatic carbocycles. The van der Waals surface area contributed by atoms with Gasteiger partial charge in [0.05, 0.1) is 34.5 Å². The van der Waals surface area contributed by atoms with Gasteiger partial charge in [0.2, 0.25) is 23.6 Å². The van der Waals surface area contributed by atoms with E-state index in [1.54, 1.807) is 48.5 Å². The molecule has 2 aliphatic heterocycles. The number of phenols is 1. The highest BCUT2D eigenvalue weighted by atomic mass is 35.5. The zero-order valence-electron chi connectivity index (χ0n) is 26.6. The van der Waals surface area contributed by atoms with Crippen LogP contribution in [0.5, 0.6) is 5.75 Å². The van der Waals surface area contributed by atoms with Crippen molar-refractivity contribution >= 4 is 58.2 Å². The quantitative estimate of drug-likeness (QED) is 0.172. The summed E-state index contributed by atoms with van der Waals surface area (Å²) in [7, 11) is 0. The molecule has 4 aliphatic rings. The van der Waals surface area contributed by atoms with Crippen molar-refractivity contribution in [3.63, 3.8) is 0 Å². The molecule has 9 heteroatoms. The SMILES string of the molecule is CCc1ccc(N2C(=O)C3CC=C4C(CC5C(=O)N(c6cccc(Cl)c6)C(=O)C5(c5ccccc5)C4c4cc(Cl)ccc4O)C3C2=O)cc1. The number of amides is 4. The highest BCUT2D eigenvalue weighted by molar-refractivity contribution is 6.32. The van der Waals surface area contributed by atoms with Crippen LogP contribution in [0.4, 0.5) is 11.4 Å². The smallest absolute Gasteiger partial charge is 0.246 e. The van der Waals surface area contributed by atoms with Gasteiger partial charge in [-0.25, -0.2) is 4.90 Å². The maximum atomic E-state index is 15.3. The maximum Gasteiger partial charge on any atom is 0.246 e. The molecule has 2 aliphatic carbocycles. The summed E-state index contributed by atoms with van der Waals surface area (Å²) in [6.45, 7) is 2.04. The first kappa shape index (κ1) is 31.5. The topological polar surface area (TPSA) is 95.0 Å². The zero-order valence-corrected chi connectivity index (χ0v) is 28.1. The molecule has 8 rings (SSSR count). The molecule has 0 aromatic heterocycles. The van der Waals surface area contributed by atoms with E-state index in [0.717, 1.165) is 17.6 Å². The molecule has 4 aromatic rings. The average Bonchev–Trinajstić information content (AvgIpc) is 3.50. The lowest BCUT2D eigenvalue weighted by atomic mass is 9.49. The lowest BCUT2D eigenvalue weighted by Crippen LogP contribution is -2.53. The molecule has 1 N–H and O–H groups in total. The van der Waals surface area contributed by atoms with E-state index in [9.17, 15) is 19.5 Å². The van der Waals surface area contributed by atoms with E-state index in [1.807, 2.05) is 55.5 Å². The third-order valence-electron chi connectivity index (χ3n) is 11.1. The van der Waals surface area contributed by atoms with E-state index < -0.39 is 46.8 Å². The fourth-order valence-corrected chi connectivity index (χ4v) is 9.35. The summed E-state index contributed by atoms with van der Waals surface area (Å²) in [5.74, 6) is -5.30. The Bertz CT molecular complexity index is 2080. The van der Waals surface area contributed by atoms with Crippen LogP contribution < -0.4 is 9.80 Å². The Kier molecular flexibility index (Phi) is 7.54. The van der Waals surface area contributed by atoms with E-state index in [0.29, 0.717) is 32.5 Å². The molecule has 7 nitrogen and oxygen atoms in total. The number of halogens is 2. The first-order valence-electron chi connectivity index (χ1n) is 16.5. The van der Waals surface area contributed by atoms with Crippen LogP contribution in [0.25, 0.3) is 0 Å². The van der Waals surface area contributed by atoms with Gasteiger partial charge < -0.3 is 5.11 Å². The number of imide groups is 2. The highest BCUT2D eigenvalue weighted by Crippen LogP contribution is 2.65. The van der Waals surface area contributed by atoms with Crippen molar-refractivity contribution in [3.05, 3.63) is 135 Å². The molecule has 0 bridgehead atoms. The Morgan fingerprint density at radius 1 is 0.755 bits per heavy atom. The number of nitrogens with zero attached hydrogens (tertiary/aromatic N) is 2. The lowest BCUT2D eigenvalue weighted by molar-refractivity contribution is -0.127. The van der Waals surface area contributed by atoms with Gasteiger partial charge in [-0.05, 0) is 84.8 Å². The van der Waals surface area contributed by atoms with Gasteiger partial charge in [-0.15, -0.1) is 0 Å². The second-order valence-corrected chi connectivity index (χ2v) is 14.2. The molecule has 6 atom stereocenters. The monoisotopic (exact) mass is 690 g/mol. The number of carbonyl (C=O) groups excluding carboxylic acids is 4. The van der Waals surface area contributed by atoms with Crippen LogP contribution in [0.2, 0.25) is 10.0 Å². The van der Waals surface area contributed by atoms with Crippen molar-refractivity contribution in [2.24, 2.45) is 23.7 Å². The Labute approximate surface area is 293 Å². The molecule has 0 spiro atoms. The predicted molar refractivity (Wildman–Crippen MR) is 188 cm³/mol. The van der Waals surface area contributed by atoms with Gasteiger partial charge in [0.15, 0.2) is 0 Å². The third-order valence-corrected chi connectivity index (χ3v) is 11.5. The normalized spacial score (nSPS) is 27.6. The molecule has 1 saturated carbocycles. The van der Waals surface area contributed by atoms with Crippen LogP contribution in [0.15, 0.2) is 109 Å². The number of aryl methyl sites for hydroxylation is 1. The van der Waals surface area contributed by atoms with E-state index in [1.165, 1.54) is 15.9 Å². The minimum absolute atomic E-state index is 0.0833. The van der Waals surface area contributed by atoms with E-state index in [2.05, 4.69) is 0 Å². The van der Waals surface area contributed by atoms with Gasteiger partial charge >= 0.3 is 0 Å². The molecule has 6 unspecified atom stereocenters. The van der Waals surface area contributed by atoms with Crippen LogP contribution in [-0.4, -0.2) is 28.7 Å². The number of carbonyl (C=O) groups is 4. The number of hydrogen-bond donors (Lipinski definition) is 1. The number of fused-ring (bicyclic) bond motifs is 4. The van der Waals surface area contributed by atoms with Gasteiger partial charge in [-0.2, -0.15) is 0 Å². The molecule has 2 heterocycles. The minimum Gasteiger partial charge on any atom is -0.508 e. The van der Waals surface area contributed by atoms with Gasteiger partial charge in [0, 0.05) is 21.5 Å². The Hall–Kier alpha value is -4.72. The van der Waals surface area contributed by atoms with Gasteiger partial charge in [-0.3, -0.25) is 24.1 Å². The average molecular weight is 692 g/mol. The molecule has 4 amide bonds. The predicted octanol–water partition coefficient (Wildman–Crippen LogP) is 7.63. The highest BCUT2D eigenvalue weighted by Gasteiger charge is 2.70. The molecule has 0 radical (unpaired) electrons. The fraction of sp³-hybridized carbons (Fsp3) is 0.250. The number of anilines is 2. The molecule has 2 saturated heterocycles. The van der Waals surface area contributed by atoms with Crippen LogP contribution in [0.3, 0.4) is 0 Å². The number of benzene rings is 4. The van der Waals surface area contributed by atoms with Gasteiger partial charge in [0.25, 0.3) is 0 Å². The molecule has 3 fully saturated rings. The Morgan fingerprint density at radius 2 is 1.49 bits per heavy atom. The summed E-state index contributed by atoms with van der Waals surface area (Å²) >= 11 is 13.0. The zero-order chi connectivity index (χ0) is 34.2. The lowest BCUT2D eigenvalue weighted by Gasteiger charge is -2.50. The van der Waals surface area contributed by atoms with Crippen LogP contribution in [0.1, 0.15) is 42.4 Å². The second kappa shape index (κ2) is 11.7. The summed E-state index contributed by atoms with van der Waals surface area (Å²) < 4.78 is 0. The number of allylic oxidation sites excluding steroid dienone is 2. The molecule has 246 valence electrons. The second-order valence-electron chi connectivity index (χ2n) is 13.3. The molecular weight excluding hydrogens is 659 g/mol. The Morgan fingerprint density at radius 3 is 2.20 bits per heavy atom. The largest absolute Gasteiger partial charge is 0.508 e. The standard InChI is InChI=1S/C40H32Cl2N2O5/c1-2-22-11-14-26(15-12-22)43-36(46)29-17-16-28-30(34(29)38(43)48)21-32-37(47)44(27-10-6-9-24(41)19-27)39(49)40(32,23-7-4-3-5-8-23)35(28)31-20-25(42)13-18-33(31)45/h3-16,18-20,29-30,32,34-35,45H,2,17,21H2,1H3. The fourth-order valence-electron chi connectivity index (χ4n) is 8.98. The van der Waals surface area contributed by atoms with Crippen molar-refractivity contribution < 1.29 is 24.3 Å². The number of phenolic OH excluding ortho intramolecular Hbond substituents is 1. The van der Waals surface area contributed by atoms with Crippen molar-refractivity contribution in [3.8, 4) is 5.75 Å². The van der Waals surface area contributed by atoms with Gasteiger partial charge in [0.1, 0.15) is 5.75 Å². The summed E-state index contributed by atoms with van der Waals surface area (Å²) in [6, 6.07) is 27.9. The van der Waals surface area contributed by atoms with Crippen molar-refractivity contribution in [1.29, 1.82) is 0 Å². The Balaban J connectivity index is 1.35. The van der Waals surface area contributed by atoms with Crippen LogP contribution >= 0.6 is 23.2 Å². The number of rotatable bonds is 5. The maximum absolute atomic E-state index is 15.3. The van der Waals surface area contributed by atoms with Crippen molar-refractivity contribution in [2.45, 2.75) is 37.5 Å². The first-order chi connectivity index (χ1) is 23.7. The minimum atomic E-state index is -1.50. The summed E-state index contributed by atoms with van der Waals surface area (Å²) in [5.41, 5.74) is 2.18. The van der Waals surface area contributed by atoms with E-state index in [4.69, 9.17) is 23.2 Å². The number of aromatic hydroxyl groups is 1. The third kappa shape index (κ3) is 4.55. The van der Waals surface area contributed by atoms with Crippen molar-refractivity contribution in [2.75, 3.05) is 9.80 Å². The molecule has 49 heavy (non-hydrogen) atoms. The summed E-state index contributed by atoms with van der Waals surface area (Å²) in [4.78, 5) is 61.0. The van der Waals surface area contributed by atoms with Crippen LogP contribution in [-0.2, 0) is 31.0 Å². The number of hydrogen-bond acceptors (Lipinski definition) is 5. The molecular formula is C40H32Cl2N2O5. The van der Waals surface area contributed by atoms with Crippen molar-refractivity contribution in [1.82, 2.24) is 0 Å². The van der Waals surface area contributed by atoms with E-state index >= 15 is 4.79 Å². The summed E-state index contributed by atoms with van der Waals surface area (Å²) in [6.07, 6.45) is 3.22. The van der Waals surface area contributed by atoms with E-state index in [-0.39, 0.29) is 30.4 Å². The first-order valence-corrected chi connectivity index (χ1v) is 17.3. The summed E-state index contributed by atoms with van der Waals surface area (Å²) in [5, 5.41) is 12.2.